The molecule has 3 N–H and O–H groups in total. The number of nitrogens with zero attached hydrogens (tertiary/aromatic N) is 4. The number of ether oxygens (including phenoxy) is 5. The van der Waals surface area contributed by atoms with Gasteiger partial charge in [-0.05, 0) is 36.1 Å². The van der Waals surface area contributed by atoms with Gasteiger partial charge < -0.3 is 33.9 Å². The van der Waals surface area contributed by atoms with E-state index in [-0.39, 0.29) is 42.3 Å². The monoisotopic (exact) mass is 870 g/mol. The van der Waals surface area contributed by atoms with E-state index in [1.54, 1.807) is 45.9 Å². The quantitative estimate of drug-likeness (QED) is 0.0623. The van der Waals surface area contributed by atoms with Crippen molar-refractivity contribution in [1.82, 2.24) is 19.7 Å². The highest BCUT2D eigenvalue weighted by molar-refractivity contribution is 7.52. The first-order chi connectivity index (χ1) is 29.0. The van der Waals surface area contributed by atoms with Crippen LogP contribution >= 0.6 is 7.75 Å². The second-order valence-corrected chi connectivity index (χ2v) is 17.2. The molecular formula is C42H59N6O12P. The average Bonchev–Trinajstić information content (AvgIpc) is 3.81. The Morgan fingerprint density at radius 1 is 0.902 bits per heavy atom. The molecule has 2 aromatic heterocycles. The first kappa shape index (κ1) is 48.6. The van der Waals surface area contributed by atoms with Crippen LogP contribution in [0.2, 0.25) is 0 Å². The smallest absolute Gasteiger partial charge is 0.459 e. The normalized spacial score (nSPS) is 20.3. The van der Waals surface area contributed by atoms with Crippen molar-refractivity contribution in [3.05, 3.63) is 54.5 Å². The van der Waals surface area contributed by atoms with Crippen LogP contribution in [-0.2, 0) is 57.6 Å². The zero-order valence-corrected chi connectivity index (χ0v) is 37.0. The van der Waals surface area contributed by atoms with Gasteiger partial charge in [-0.25, -0.2) is 14.1 Å². The van der Waals surface area contributed by atoms with Crippen LogP contribution in [0.5, 0.6) is 5.75 Å². The first-order valence-corrected chi connectivity index (χ1v) is 22.3. The number of carbonyl (C=O) groups is 4. The molecule has 0 aliphatic carbocycles. The standard InChI is InChI=1S/C42H59N6O12P/c1-9-28(10-2)21-54-35(49)20-31(41(52)55-22-29(11-3)12-4)47-61(53,60-30-16-14-13-15-17-30)56-23-33-36(57-39(50)26(5)6)37(58-40(51)27(7)8)42(24-43,59-33)34-19-18-32-38(44)45-25-46-48(32)34/h13-19,25-29,31,33,36-37H,9-12,20-23H2,1-8H3,(H,47,53)(H2,44,45,46)/t31-,33+,36+,37+,42-,61?/m0/s1. The zero-order chi connectivity index (χ0) is 44.9. The fourth-order valence-corrected chi connectivity index (χ4v) is 7.88. The molecule has 1 unspecified atom stereocenters. The number of nitriles is 1. The highest BCUT2D eigenvalue weighted by Crippen LogP contribution is 2.49. The van der Waals surface area contributed by atoms with Gasteiger partial charge in [0.15, 0.2) is 18.0 Å². The van der Waals surface area contributed by atoms with Gasteiger partial charge >= 0.3 is 31.6 Å². The minimum atomic E-state index is -4.78. The Kier molecular flexibility index (Phi) is 17.6. The SMILES string of the molecule is CCC(CC)COC(=O)C[C@H](NP(=O)(OC[C@H]1O[C@@](C#N)(c2ccc3c(N)ncnn23)[C@H](OC(=O)C(C)C)[C@@H]1OC(=O)C(C)C)Oc1ccccc1)C(=O)OCC(CC)CC. The van der Waals surface area contributed by atoms with Crippen molar-refractivity contribution in [2.75, 3.05) is 25.6 Å². The molecule has 1 aliphatic heterocycles. The van der Waals surface area contributed by atoms with Crippen molar-refractivity contribution in [3.63, 3.8) is 0 Å². The summed E-state index contributed by atoms with van der Waals surface area (Å²) in [7, 11) is -4.78. The number of nitrogens with two attached hydrogens (primary N) is 1. The number of esters is 4. The second-order valence-electron chi connectivity index (χ2n) is 15.5. The Morgan fingerprint density at radius 2 is 1.51 bits per heavy atom. The average molecular weight is 871 g/mol. The lowest BCUT2D eigenvalue weighted by Crippen LogP contribution is -2.47. The fraction of sp³-hybridized carbons (Fsp3) is 0.595. The van der Waals surface area contributed by atoms with E-state index in [0.717, 1.165) is 32.0 Å². The van der Waals surface area contributed by atoms with Crippen LogP contribution in [0.4, 0.5) is 5.82 Å². The van der Waals surface area contributed by atoms with E-state index in [1.807, 2.05) is 27.7 Å². The van der Waals surface area contributed by atoms with Crippen molar-refractivity contribution in [1.29, 1.82) is 5.26 Å². The molecule has 0 saturated carbocycles. The summed E-state index contributed by atoms with van der Waals surface area (Å²) >= 11 is 0. The number of nitrogen functional groups attached to an aromatic ring is 1. The summed E-state index contributed by atoms with van der Waals surface area (Å²) in [6, 6.07) is 11.5. The first-order valence-electron chi connectivity index (χ1n) is 20.7. The summed E-state index contributed by atoms with van der Waals surface area (Å²) in [5.41, 5.74) is 4.23. The van der Waals surface area contributed by atoms with E-state index in [2.05, 4.69) is 21.2 Å². The Bertz CT molecular complexity index is 2030. The highest BCUT2D eigenvalue weighted by Gasteiger charge is 2.63. The third-order valence-electron chi connectivity index (χ3n) is 10.5. The maximum atomic E-state index is 15.0. The van der Waals surface area contributed by atoms with Crippen molar-refractivity contribution in [2.45, 2.75) is 117 Å². The van der Waals surface area contributed by atoms with Crippen molar-refractivity contribution in [2.24, 2.45) is 23.7 Å². The maximum absolute atomic E-state index is 15.0. The lowest BCUT2D eigenvalue weighted by molar-refractivity contribution is -0.173. The van der Waals surface area contributed by atoms with Gasteiger partial charge in [-0.2, -0.15) is 15.4 Å². The van der Waals surface area contributed by atoms with Crippen molar-refractivity contribution in [3.8, 4) is 11.8 Å². The van der Waals surface area contributed by atoms with Gasteiger partial charge in [-0.15, -0.1) is 0 Å². The molecule has 1 aliphatic rings. The maximum Gasteiger partial charge on any atom is 0.459 e. The van der Waals surface area contributed by atoms with E-state index in [1.165, 1.54) is 28.8 Å². The number of aromatic nitrogens is 3. The number of hydrogen-bond acceptors (Lipinski definition) is 16. The number of benzene rings is 1. The van der Waals surface area contributed by atoms with Gasteiger partial charge in [-0.1, -0.05) is 99.3 Å². The second kappa shape index (κ2) is 22.1. The molecule has 334 valence electrons. The lowest BCUT2D eigenvalue weighted by atomic mass is 9.92. The number of carbonyl (C=O) groups excluding carboxylic acids is 4. The third kappa shape index (κ3) is 12.3. The number of rotatable bonds is 23. The van der Waals surface area contributed by atoms with Gasteiger partial charge in [0, 0.05) is 0 Å². The molecule has 18 nitrogen and oxygen atoms in total. The van der Waals surface area contributed by atoms with E-state index in [0.29, 0.717) is 5.52 Å². The molecule has 1 fully saturated rings. The summed E-state index contributed by atoms with van der Waals surface area (Å²) in [4.78, 5) is 57.7. The van der Waals surface area contributed by atoms with Gasteiger partial charge in [0.05, 0.1) is 43.8 Å². The minimum Gasteiger partial charge on any atom is -0.465 e. The van der Waals surface area contributed by atoms with Crippen LogP contribution in [0.3, 0.4) is 0 Å². The lowest BCUT2D eigenvalue weighted by Gasteiger charge is -2.29. The Morgan fingerprint density at radius 3 is 2.10 bits per heavy atom. The molecule has 0 bridgehead atoms. The summed E-state index contributed by atoms with van der Waals surface area (Å²) in [5.74, 6) is -4.28. The Labute approximate surface area is 356 Å². The van der Waals surface area contributed by atoms with Crippen molar-refractivity contribution >= 4 is 43.0 Å². The molecule has 1 aromatic carbocycles. The summed E-state index contributed by atoms with van der Waals surface area (Å²) in [6.07, 6.45) is -1.14. The number of nitrogens with one attached hydrogen (secondary N) is 1. The predicted molar refractivity (Wildman–Crippen MR) is 221 cm³/mol. The van der Waals surface area contributed by atoms with Gasteiger partial charge in [-0.3, -0.25) is 23.7 Å². The summed E-state index contributed by atoms with van der Waals surface area (Å²) < 4.78 is 57.9. The van der Waals surface area contributed by atoms with E-state index >= 15 is 4.57 Å². The van der Waals surface area contributed by atoms with Gasteiger partial charge in [0.25, 0.3) is 0 Å². The fourth-order valence-electron chi connectivity index (χ4n) is 6.37. The van der Waals surface area contributed by atoms with Crippen LogP contribution in [0.1, 0.15) is 93.2 Å². The highest BCUT2D eigenvalue weighted by atomic mass is 31.2. The molecule has 0 spiro atoms. The molecule has 19 heteroatoms. The van der Waals surface area contributed by atoms with E-state index in [4.69, 9.17) is 38.5 Å². The topological polar surface area (TPSA) is 242 Å². The summed E-state index contributed by atoms with van der Waals surface area (Å²) in [6.45, 7) is 13.6. The molecule has 4 rings (SSSR count). The molecule has 0 amide bonds. The number of hydrogen-bond donors (Lipinski definition) is 2. The van der Waals surface area contributed by atoms with Gasteiger partial charge in [0.2, 0.25) is 5.60 Å². The van der Waals surface area contributed by atoms with E-state index < -0.39 is 86.4 Å². The Balaban J connectivity index is 1.79. The van der Waals surface area contributed by atoms with Crippen LogP contribution in [0.15, 0.2) is 48.8 Å². The third-order valence-corrected chi connectivity index (χ3v) is 12.0. The van der Waals surface area contributed by atoms with Crippen LogP contribution in [0.25, 0.3) is 5.52 Å². The summed E-state index contributed by atoms with van der Waals surface area (Å²) in [5, 5.41) is 17.9. The number of anilines is 1. The molecule has 3 heterocycles. The molecule has 0 radical (unpaired) electrons. The minimum absolute atomic E-state index is 0.0267. The van der Waals surface area contributed by atoms with Crippen LogP contribution < -0.4 is 15.3 Å². The largest absolute Gasteiger partial charge is 0.465 e. The van der Waals surface area contributed by atoms with Crippen LogP contribution in [0, 0.1) is 35.0 Å². The number of para-hydroxylation sites is 1. The zero-order valence-electron chi connectivity index (χ0n) is 36.1. The molecule has 1 saturated heterocycles. The van der Waals surface area contributed by atoms with Gasteiger partial charge in [0.1, 0.15) is 35.8 Å². The predicted octanol–water partition coefficient (Wildman–Crippen LogP) is 6.08. The molecular weight excluding hydrogens is 811 g/mol. The molecule has 6 atom stereocenters. The molecule has 61 heavy (non-hydrogen) atoms. The molecule has 3 aromatic rings. The van der Waals surface area contributed by atoms with E-state index in [9.17, 15) is 24.4 Å². The Hall–Kier alpha value is -5.08. The van der Waals surface area contributed by atoms with Crippen molar-refractivity contribution < 1.29 is 56.5 Å². The van der Waals surface area contributed by atoms with Crippen LogP contribution in [-0.4, -0.2) is 82.6 Å². The number of fused-ring (bicyclic) bond motifs is 1.